The van der Waals surface area contributed by atoms with E-state index in [4.69, 9.17) is 0 Å². The molecular formula is C14H14N2O4S. The van der Waals surface area contributed by atoms with Crippen LogP contribution in [0.1, 0.15) is 15.9 Å². The lowest BCUT2D eigenvalue weighted by Gasteiger charge is -2.47. The molecule has 3 aliphatic rings. The number of hydrogen-bond acceptors (Lipinski definition) is 5. The first-order valence-corrected chi connectivity index (χ1v) is 8.66. The smallest absolute Gasteiger partial charge is 0.261 e. The highest BCUT2D eigenvalue weighted by Gasteiger charge is 2.58. The molecule has 1 aromatic rings. The minimum Gasteiger partial charge on any atom is -0.311 e. The van der Waals surface area contributed by atoms with Crippen LogP contribution in [0, 0.1) is 5.92 Å². The number of sulfone groups is 1. The zero-order valence-corrected chi connectivity index (χ0v) is 12.0. The molecule has 0 saturated carbocycles. The molecule has 0 radical (unpaired) electrons. The number of nitrogens with one attached hydrogen (secondary N) is 1. The second-order valence-corrected chi connectivity index (χ2v) is 8.09. The van der Waals surface area contributed by atoms with E-state index in [-0.39, 0.29) is 23.3 Å². The fourth-order valence-corrected chi connectivity index (χ4v) is 4.84. The first-order valence-electron chi connectivity index (χ1n) is 6.84. The SMILES string of the molecule is O=C1c2ccccc2C2(CNC2)N1C(=O)C1CS(=O)(=O)C1. The van der Waals surface area contributed by atoms with Crippen LogP contribution in [0.2, 0.25) is 0 Å². The van der Waals surface area contributed by atoms with E-state index < -0.39 is 21.3 Å². The Morgan fingerprint density at radius 2 is 1.90 bits per heavy atom. The third kappa shape index (κ3) is 1.58. The van der Waals surface area contributed by atoms with Crippen LogP contribution < -0.4 is 5.32 Å². The van der Waals surface area contributed by atoms with Crippen molar-refractivity contribution < 1.29 is 18.0 Å². The van der Waals surface area contributed by atoms with Gasteiger partial charge in [-0.25, -0.2) is 8.42 Å². The van der Waals surface area contributed by atoms with Crippen molar-refractivity contribution in [1.29, 1.82) is 0 Å². The molecule has 4 rings (SSSR count). The fourth-order valence-electron chi connectivity index (χ4n) is 3.42. The van der Waals surface area contributed by atoms with Crippen LogP contribution in [0.3, 0.4) is 0 Å². The number of carbonyl (C=O) groups is 2. The van der Waals surface area contributed by atoms with Gasteiger partial charge in [0.1, 0.15) is 5.54 Å². The summed E-state index contributed by atoms with van der Waals surface area (Å²) in [6, 6.07) is 7.23. The largest absolute Gasteiger partial charge is 0.311 e. The minimum absolute atomic E-state index is 0.143. The monoisotopic (exact) mass is 306 g/mol. The highest BCUT2D eigenvalue weighted by Crippen LogP contribution is 2.43. The van der Waals surface area contributed by atoms with Crippen molar-refractivity contribution in [3.8, 4) is 0 Å². The maximum Gasteiger partial charge on any atom is 0.261 e. The summed E-state index contributed by atoms with van der Waals surface area (Å²) in [4.78, 5) is 26.5. The van der Waals surface area contributed by atoms with Crippen molar-refractivity contribution in [2.75, 3.05) is 24.6 Å². The normalized spacial score (nSPS) is 25.3. The molecule has 0 aromatic heterocycles. The number of imide groups is 1. The molecule has 2 amide bonds. The van der Waals surface area contributed by atoms with Gasteiger partial charge in [0.15, 0.2) is 9.84 Å². The Labute approximate surface area is 122 Å². The van der Waals surface area contributed by atoms with Gasteiger partial charge in [-0.05, 0) is 11.6 Å². The summed E-state index contributed by atoms with van der Waals surface area (Å²) in [6.07, 6.45) is 0. The molecule has 2 fully saturated rings. The lowest BCUT2D eigenvalue weighted by atomic mass is 9.83. The molecule has 3 aliphatic heterocycles. The summed E-state index contributed by atoms with van der Waals surface area (Å²) in [6.45, 7) is 1.06. The fraction of sp³-hybridized carbons (Fsp3) is 0.429. The van der Waals surface area contributed by atoms with E-state index in [1.807, 2.05) is 12.1 Å². The van der Waals surface area contributed by atoms with Crippen molar-refractivity contribution in [2.24, 2.45) is 5.92 Å². The third-order valence-electron chi connectivity index (χ3n) is 4.60. The molecule has 0 bridgehead atoms. The Kier molecular flexibility index (Phi) is 2.42. The van der Waals surface area contributed by atoms with Gasteiger partial charge in [-0.3, -0.25) is 14.5 Å². The van der Waals surface area contributed by atoms with Gasteiger partial charge in [-0.1, -0.05) is 18.2 Å². The van der Waals surface area contributed by atoms with Gasteiger partial charge in [0, 0.05) is 18.7 Å². The van der Waals surface area contributed by atoms with Crippen LogP contribution in [0.5, 0.6) is 0 Å². The molecule has 0 atom stereocenters. The molecule has 2 saturated heterocycles. The Bertz CT molecular complexity index is 755. The molecule has 1 N–H and O–H groups in total. The number of benzene rings is 1. The first kappa shape index (κ1) is 13.0. The Morgan fingerprint density at radius 3 is 2.48 bits per heavy atom. The quantitative estimate of drug-likeness (QED) is 0.708. The molecule has 0 unspecified atom stereocenters. The van der Waals surface area contributed by atoms with Crippen LogP contribution in [0.15, 0.2) is 24.3 Å². The molecule has 1 spiro atoms. The summed E-state index contributed by atoms with van der Waals surface area (Å²) in [5.74, 6) is -1.52. The predicted octanol–water partition coefficient (Wildman–Crippen LogP) is -0.488. The van der Waals surface area contributed by atoms with Gasteiger partial charge < -0.3 is 5.32 Å². The molecule has 0 aliphatic carbocycles. The van der Waals surface area contributed by atoms with Gasteiger partial charge in [0.25, 0.3) is 5.91 Å². The predicted molar refractivity (Wildman–Crippen MR) is 74.3 cm³/mol. The minimum atomic E-state index is -3.09. The Balaban J connectivity index is 1.73. The van der Waals surface area contributed by atoms with Gasteiger partial charge in [-0.2, -0.15) is 0 Å². The lowest BCUT2D eigenvalue weighted by Crippen LogP contribution is -2.67. The first-order chi connectivity index (χ1) is 9.95. The Morgan fingerprint density at radius 1 is 1.24 bits per heavy atom. The van der Waals surface area contributed by atoms with Crippen molar-refractivity contribution in [3.63, 3.8) is 0 Å². The van der Waals surface area contributed by atoms with Crippen LogP contribution in [-0.2, 0) is 20.2 Å². The number of rotatable bonds is 1. The van der Waals surface area contributed by atoms with E-state index in [0.717, 1.165) is 5.56 Å². The third-order valence-corrected chi connectivity index (χ3v) is 6.43. The molecule has 21 heavy (non-hydrogen) atoms. The number of carbonyl (C=O) groups excluding carboxylic acids is 2. The zero-order valence-electron chi connectivity index (χ0n) is 11.2. The highest BCUT2D eigenvalue weighted by atomic mass is 32.2. The summed E-state index contributed by atoms with van der Waals surface area (Å²) < 4.78 is 22.6. The second-order valence-electron chi connectivity index (χ2n) is 5.93. The van der Waals surface area contributed by atoms with Crippen molar-refractivity contribution in [1.82, 2.24) is 10.2 Å². The van der Waals surface area contributed by atoms with Gasteiger partial charge in [0.2, 0.25) is 5.91 Å². The summed E-state index contributed by atoms with van der Waals surface area (Å²) in [5, 5.41) is 3.12. The van der Waals surface area contributed by atoms with Crippen LogP contribution >= 0.6 is 0 Å². The van der Waals surface area contributed by atoms with Crippen molar-refractivity contribution in [3.05, 3.63) is 35.4 Å². The molecule has 3 heterocycles. The summed E-state index contributed by atoms with van der Waals surface area (Å²) >= 11 is 0. The average Bonchev–Trinajstić information content (AvgIpc) is 2.65. The Hall–Kier alpha value is -1.73. The van der Waals surface area contributed by atoms with Gasteiger partial charge in [0.05, 0.1) is 17.4 Å². The second kappa shape index (κ2) is 3.92. The number of nitrogens with zero attached hydrogens (tertiary/aromatic N) is 1. The van der Waals surface area contributed by atoms with E-state index in [2.05, 4.69) is 5.32 Å². The van der Waals surface area contributed by atoms with Crippen molar-refractivity contribution in [2.45, 2.75) is 5.54 Å². The van der Waals surface area contributed by atoms with E-state index in [1.54, 1.807) is 12.1 Å². The summed E-state index contributed by atoms with van der Waals surface area (Å²) in [7, 11) is -3.09. The molecule has 6 nitrogen and oxygen atoms in total. The average molecular weight is 306 g/mol. The highest BCUT2D eigenvalue weighted by molar-refractivity contribution is 7.92. The van der Waals surface area contributed by atoms with E-state index in [1.165, 1.54) is 4.90 Å². The molecule has 110 valence electrons. The van der Waals surface area contributed by atoms with Crippen LogP contribution in [-0.4, -0.2) is 49.7 Å². The maximum absolute atomic E-state index is 12.6. The molecule has 7 heteroatoms. The molecular weight excluding hydrogens is 292 g/mol. The zero-order chi connectivity index (χ0) is 14.8. The number of amides is 2. The topological polar surface area (TPSA) is 83.6 Å². The van der Waals surface area contributed by atoms with E-state index in [0.29, 0.717) is 18.7 Å². The van der Waals surface area contributed by atoms with E-state index >= 15 is 0 Å². The standard InChI is InChI=1S/C14H14N2O4S/c17-12(9-5-21(19,20)6-9)16-13(18)10-3-1-2-4-11(10)14(16)7-15-8-14/h1-4,9,15H,5-8H2. The molecule has 1 aromatic carbocycles. The number of fused-ring (bicyclic) bond motifs is 2. The lowest BCUT2D eigenvalue weighted by molar-refractivity contribution is -0.138. The van der Waals surface area contributed by atoms with Gasteiger partial charge >= 0.3 is 0 Å². The summed E-state index contributed by atoms with van der Waals surface area (Å²) in [5.41, 5.74) is 0.795. The van der Waals surface area contributed by atoms with Crippen LogP contribution in [0.4, 0.5) is 0 Å². The maximum atomic E-state index is 12.6. The van der Waals surface area contributed by atoms with E-state index in [9.17, 15) is 18.0 Å². The number of hydrogen-bond donors (Lipinski definition) is 1. The van der Waals surface area contributed by atoms with Crippen LogP contribution in [0.25, 0.3) is 0 Å². The van der Waals surface area contributed by atoms with Crippen molar-refractivity contribution >= 4 is 21.7 Å². The van der Waals surface area contributed by atoms with Gasteiger partial charge in [-0.15, -0.1) is 0 Å².